The molecule has 0 spiro atoms. The van der Waals surface area contributed by atoms with E-state index in [0.29, 0.717) is 6.07 Å². The zero-order chi connectivity index (χ0) is 9.35. The van der Waals surface area contributed by atoms with Crippen molar-refractivity contribution in [2.24, 2.45) is 5.73 Å². The molecular weight excluding hydrogens is 175 g/mol. The SMILES string of the molecule is NC(=O)n1nccc1C(F)(F)F. The quantitative estimate of drug-likeness (QED) is 0.641. The maximum Gasteiger partial charge on any atom is 0.433 e. The van der Waals surface area contributed by atoms with Crippen LogP contribution in [0.5, 0.6) is 0 Å². The van der Waals surface area contributed by atoms with E-state index in [1.807, 2.05) is 0 Å². The number of nitrogens with zero attached hydrogens (tertiary/aromatic N) is 2. The van der Waals surface area contributed by atoms with E-state index in [0.717, 1.165) is 6.20 Å². The second-order valence-corrected chi connectivity index (χ2v) is 1.96. The third kappa shape index (κ3) is 1.39. The van der Waals surface area contributed by atoms with Gasteiger partial charge in [0.25, 0.3) is 0 Å². The highest BCUT2D eigenvalue weighted by molar-refractivity contribution is 5.74. The zero-order valence-corrected chi connectivity index (χ0v) is 5.67. The van der Waals surface area contributed by atoms with Crippen molar-refractivity contribution in [1.82, 2.24) is 9.78 Å². The lowest BCUT2D eigenvalue weighted by Gasteiger charge is -2.05. The van der Waals surface area contributed by atoms with Crippen molar-refractivity contribution in [3.8, 4) is 0 Å². The summed E-state index contributed by atoms with van der Waals surface area (Å²) >= 11 is 0. The van der Waals surface area contributed by atoms with Gasteiger partial charge in [-0.25, -0.2) is 4.79 Å². The van der Waals surface area contributed by atoms with Crippen LogP contribution in [0.25, 0.3) is 0 Å². The number of alkyl halides is 3. The molecule has 1 heterocycles. The molecule has 4 nitrogen and oxygen atoms in total. The molecule has 0 radical (unpaired) electrons. The summed E-state index contributed by atoms with van der Waals surface area (Å²) in [5, 5.41) is 3.10. The van der Waals surface area contributed by atoms with Crippen LogP contribution in [0.3, 0.4) is 0 Å². The number of hydrogen-bond acceptors (Lipinski definition) is 2. The molecule has 1 rings (SSSR count). The predicted molar refractivity (Wildman–Crippen MR) is 32.2 cm³/mol. The number of amides is 1. The van der Waals surface area contributed by atoms with Crippen LogP contribution >= 0.6 is 0 Å². The summed E-state index contributed by atoms with van der Waals surface area (Å²) in [6.45, 7) is 0. The van der Waals surface area contributed by atoms with E-state index in [2.05, 4.69) is 10.8 Å². The molecule has 7 heteroatoms. The van der Waals surface area contributed by atoms with Gasteiger partial charge in [0.2, 0.25) is 0 Å². The predicted octanol–water partition coefficient (Wildman–Crippen LogP) is 0.829. The topological polar surface area (TPSA) is 60.9 Å². The van der Waals surface area contributed by atoms with E-state index >= 15 is 0 Å². The molecule has 0 saturated carbocycles. The molecule has 0 aliphatic heterocycles. The summed E-state index contributed by atoms with van der Waals surface area (Å²) in [5.41, 5.74) is 3.45. The van der Waals surface area contributed by atoms with Crippen molar-refractivity contribution in [3.63, 3.8) is 0 Å². The van der Waals surface area contributed by atoms with Gasteiger partial charge in [0, 0.05) is 0 Å². The summed E-state index contributed by atoms with van der Waals surface area (Å²) in [7, 11) is 0. The van der Waals surface area contributed by atoms with Gasteiger partial charge in [0.15, 0.2) is 5.69 Å². The van der Waals surface area contributed by atoms with Gasteiger partial charge in [-0.1, -0.05) is 0 Å². The van der Waals surface area contributed by atoms with Crippen molar-refractivity contribution >= 4 is 6.03 Å². The van der Waals surface area contributed by atoms with Crippen LogP contribution < -0.4 is 5.73 Å². The smallest absolute Gasteiger partial charge is 0.350 e. The van der Waals surface area contributed by atoms with Gasteiger partial charge in [-0.2, -0.15) is 23.0 Å². The Labute approximate surface area is 64.8 Å². The van der Waals surface area contributed by atoms with Gasteiger partial charge in [0.1, 0.15) is 0 Å². The number of carbonyl (C=O) groups is 1. The van der Waals surface area contributed by atoms with Crippen LogP contribution in [-0.2, 0) is 6.18 Å². The molecule has 0 aliphatic carbocycles. The largest absolute Gasteiger partial charge is 0.433 e. The third-order valence-electron chi connectivity index (χ3n) is 1.14. The van der Waals surface area contributed by atoms with Gasteiger partial charge < -0.3 is 5.73 Å². The Balaban J connectivity index is 3.17. The Morgan fingerprint density at radius 2 is 2.17 bits per heavy atom. The van der Waals surface area contributed by atoms with Crippen molar-refractivity contribution in [2.75, 3.05) is 0 Å². The second kappa shape index (κ2) is 2.50. The number of nitrogens with two attached hydrogens (primary N) is 1. The molecule has 1 amide bonds. The van der Waals surface area contributed by atoms with E-state index in [-0.39, 0.29) is 4.68 Å². The summed E-state index contributed by atoms with van der Waals surface area (Å²) < 4.78 is 36.0. The summed E-state index contributed by atoms with van der Waals surface area (Å²) in [5.74, 6) is 0. The fourth-order valence-corrected chi connectivity index (χ4v) is 0.694. The van der Waals surface area contributed by atoms with Gasteiger partial charge in [0.05, 0.1) is 6.20 Å². The number of halogens is 3. The van der Waals surface area contributed by atoms with E-state index < -0.39 is 17.9 Å². The maximum absolute atomic E-state index is 12.0. The highest BCUT2D eigenvalue weighted by Crippen LogP contribution is 2.28. The highest BCUT2D eigenvalue weighted by Gasteiger charge is 2.35. The van der Waals surface area contributed by atoms with Crippen LogP contribution in [0.15, 0.2) is 12.3 Å². The van der Waals surface area contributed by atoms with Crippen LogP contribution in [0, 0.1) is 0 Å². The lowest BCUT2D eigenvalue weighted by molar-refractivity contribution is -0.142. The molecule has 0 atom stereocenters. The first-order valence-corrected chi connectivity index (χ1v) is 2.84. The molecular formula is C5H4F3N3O. The maximum atomic E-state index is 12.0. The fraction of sp³-hybridized carbons (Fsp3) is 0.200. The highest BCUT2D eigenvalue weighted by atomic mass is 19.4. The first-order chi connectivity index (χ1) is 5.43. The first kappa shape index (κ1) is 8.57. The monoisotopic (exact) mass is 179 g/mol. The number of hydrogen-bond donors (Lipinski definition) is 1. The molecule has 66 valence electrons. The zero-order valence-electron chi connectivity index (χ0n) is 5.67. The van der Waals surface area contributed by atoms with Gasteiger partial charge in [-0.3, -0.25) is 0 Å². The van der Waals surface area contributed by atoms with Crippen molar-refractivity contribution in [1.29, 1.82) is 0 Å². The molecule has 1 aromatic heterocycles. The minimum absolute atomic E-state index is 0.0972. The van der Waals surface area contributed by atoms with Gasteiger partial charge in [-0.15, -0.1) is 0 Å². The van der Waals surface area contributed by atoms with Crippen LogP contribution in [0.4, 0.5) is 18.0 Å². The molecule has 1 aromatic rings. The lowest BCUT2D eigenvalue weighted by Crippen LogP contribution is -2.26. The third-order valence-corrected chi connectivity index (χ3v) is 1.14. The molecule has 12 heavy (non-hydrogen) atoms. The van der Waals surface area contributed by atoms with E-state index in [9.17, 15) is 18.0 Å². The van der Waals surface area contributed by atoms with E-state index in [1.54, 1.807) is 0 Å². The van der Waals surface area contributed by atoms with Crippen molar-refractivity contribution < 1.29 is 18.0 Å². The Hall–Kier alpha value is -1.53. The van der Waals surface area contributed by atoms with E-state index in [1.165, 1.54) is 0 Å². The summed E-state index contributed by atoms with van der Waals surface area (Å²) in [6, 6.07) is -0.586. The normalized spacial score (nSPS) is 11.6. The number of aromatic nitrogens is 2. The number of rotatable bonds is 0. The Bertz CT molecular complexity index is 303. The average molecular weight is 179 g/mol. The minimum Gasteiger partial charge on any atom is -0.350 e. The summed E-state index contributed by atoms with van der Waals surface area (Å²) in [6.07, 6.45) is -3.75. The fourth-order valence-electron chi connectivity index (χ4n) is 0.694. The molecule has 0 aromatic carbocycles. The molecule has 0 bridgehead atoms. The second-order valence-electron chi connectivity index (χ2n) is 1.96. The Morgan fingerprint density at radius 3 is 2.50 bits per heavy atom. The molecule has 2 N–H and O–H groups in total. The van der Waals surface area contributed by atoms with Crippen molar-refractivity contribution in [3.05, 3.63) is 18.0 Å². The number of carbonyl (C=O) groups excluding carboxylic acids is 1. The van der Waals surface area contributed by atoms with Gasteiger partial charge in [-0.05, 0) is 6.07 Å². The number of primary amides is 1. The first-order valence-electron chi connectivity index (χ1n) is 2.84. The van der Waals surface area contributed by atoms with Crippen molar-refractivity contribution in [2.45, 2.75) is 6.18 Å². The molecule has 0 unspecified atom stereocenters. The Morgan fingerprint density at radius 1 is 1.58 bits per heavy atom. The van der Waals surface area contributed by atoms with E-state index in [4.69, 9.17) is 0 Å². The minimum atomic E-state index is -4.61. The molecule has 0 saturated heterocycles. The van der Waals surface area contributed by atoms with Crippen LogP contribution in [0.2, 0.25) is 0 Å². The summed E-state index contributed by atoms with van der Waals surface area (Å²) in [4.78, 5) is 10.4. The van der Waals surface area contributed by atoms with Crippen LogP contribution in [0.1, 0.15) is 5.69 Å². The standard InChI is InChI=1S/C5H4F3N3O/c6-5(7,8)3-1-2-10-11(3)4(9)12/h1-2H,(H2,9,12). The molecule has 0 aliphatic rings. The average Bonchev–Trinajstić information content (AvgIpc) is 2.30. The molecule has 0 fully saturated rings. The lowest BCUT2D eigenvalue weighted by atomic mass is 10.4. The van der Waals surface area contributed by atoms with Crippen LogP contribution in [-0.4, -0.2) is 15.8 Å². The Kier molecular flexibility index (Phi) is 1.79. The van der Waals surface area contributed by atoms with Gasteiger partial charge >= 0.3 is 12.2 Å².